The van der Waals surface area contributed by atoms with Crippen LogP contribution >= 0.6 is 11.6 Å². The number of aryl methyl sites for hydroxylation is 1. The average Bonchev–Trinajstić information content (AvgIpc) is 2.88. The lowest BCUT2D eigenvalue weighted by molar-refractivity contribution is -0.120. The summed E-state index contributed by atoms with van der Waals surface area (Å²) < 4.78 is 0. The number of halogens is 1. The molecule has 1 amide bonds. The predicted octanol–water partition coefficient (Wildman–Crippen LogP) is 6.68. The molecule has 5 heteroatoms. The molecule has 3 aromatic carbocycles. The minimum Gasteiger partial charge on any atom is -0.369 e. The summed E-state index contributed by atoms with van der Waals surface area (Å²) in [5.41, 5.74) is 5.42. The fourth-order valence-electron chi connectivity index (χ4n) is 6.44. The van der Waals surface area contributed by atoms with Crippen LogP contribution < -0.4 is 9.80 Å². The summed E-state index contributed by atoms with van der Waals surface area (Å²) in [5.74, 6) is 0.209. The molecule has 4 nitrogen and oxygen atoms in total. The van der Waals surface area contributed by atoms with Gasteiger partial charge >= 0.3 is 0 Å². The summed E-state index contributed by atoms with van der Waals surface area (Å²) in [6.07, 6.45) is 1.37. The normalized spacial score (nSPS) is 21.5. The van der Waals surface area contributed by atoms with Crippen LogP contribution in [0.5, 0.6) is 0 Å². The van der Waals surface area contributed by atoms with Gasteiger partial charge in [-0.2, -0.15) is 0 Å². The van der Waals surface area contributed by atoms with Gasteiger partial charge in [-0.3, -0.25) is 9.69 Å². The number of nitrogens with zero attached hydrogens (tertiary/aromatic N) is 3. The van der Waals surface area contributed by atoms with Crippen molar-refractivity contribution in [3.05, 3.63) is 94.5 Å². The van der Waals surface area contributed by atoms with E-state index in [1.54, 1.807) is 0 Å². The fraction of sp³-hybridized carbons (Fsp3) is 0.406. The van der Waals surface area contributed by atoms with E-state index in [1.807, 2.05) is 12.1 Å². The molecule has 5 rings (SSSR count). The van der Waals surface area contributed by atoms with Crippen LogP contribution in [0.25, 0.3) is 0 Å². The van der Waals surface area contributed by atoms with Crippen molar-refractivity contribution in [3.8, 4) is 0 Å². The molecular weight excluding hydrogens is 478 g/mol. The number of carbonyl (C=O) groups excluding carboxylic acids is 1. The zero-order chi connectivity index (χ0) is 26.2. The van der Waals surface area contributed by atoms with Gasteiger partial charge in [0.05, 0.1) is 0 Å². The smallest absolute Gasteiger partial charge is 0.228 e. The van der Waals surface area contributed by atoms with Gasteiger partial charge in [0.2, 0.25) is 5.91 Å². The summed E-state index contributed by atoms with van der Waals surface area (Å²) >= 11 is 6.22. The first-order valence-electron chi connectivity index (χ1n) is 13.4. The van der Waals surface area contributed by atoms with Gasteiger partial charge in [0, 0.05) is 66.5 Å². The lowest BCUT2D eigenvalue weighted by Gasteiger charge is -2.51. The van der Waals surface area contributed by atoms with Gasteiger partial charge in [-0.25, -0.2) is 0 Å². The Kier molecular flexibility index (Phi) is 7.08. The second-order valence-electron chi connectivity index (χ2n) is 11.5. The van der Waals surface area contributed by atoms with Gasteiger partial charge in [-0.05, 0) is 74.2 Å². The quantitative estimate of drug-likeness (QED) is 0.379. The predicted molar refractivity (Wildman–Crippen MR) is 155 cm³/mol. The highest BCUT2D eigenvalue weighted by atomic mass is 35.5. The molecule has 1 atom stereocenters. The largest absolute Gasteiger partial charge is 0.369 e. The lowest BCUT2D eigenvalue weighted by Crippen LogP contribution is -2.56. The topological polar surface area (TPSA) is 26.8 Å². The van der Waals surface area contributed by atoms with E-state index in [1.165, 1.54) is 22.4 Å². The Labute approximate surface area is 226 Å². The Morgan fingerprint density at radius 3 is 2.24 bits per heavy atom. The van der Waals surface area contributed by atoms with Crippen LogP contribution in [-0.4, -0.2) is 49.1 Å². The number of hydrogen-bond acceptors (Lipinski definition) is 3. The van der Waals surface area contributed by atoms with E-state index in [-0.39, 0.29) is 16.9 Å². The van der Waals surface area contributed by atoms with E-state index in [0.717, 1.165) is 49.9 Å². The highest BCUT2D eigenvalue weighted by Crippen LogP contribution is 2.51. The summed E-state index contributed by atoms with van der Waals surface area (Å²) in [6, 6.07) is 25.4. The maximum absolute atomic E-state index is 13.9. The maximum Gasteiger partial charge on any atom is 0.228 e. The minimum atomic E-state index is -0.321. The van der Waals surface area contributed by atoms with Crippen LogP contribution in [-0.2, 0) is 10.2 Å². The van der Waals surface area contributed by atoms with Crippen molar-refractivity contribution in [1.82, 2.24) is 4.90 Å². The third kappa shape index (κ3) is 5.15. The van der Waals surface area contributed by atoms with Crippen LogP contribution in [0.3, 0.4) is 0 Å². The molecule has 2 heterocycles. The van der Waals surface area contributed by atoms with Crippen LogP contribution in [0.15, 0.2) is 72.8 Å². The second kappa shape index (κ2) is 10.2. The van der Waals surface area contributed by atoms with Crippen molar-refractivity contribution in [2.45, 2.75) is 51.5 Å². The van der Waals surface area contributed by atoms with Gasteiger partial charge in [-0.15, -0.1) is 0 Å². The Morgan fingerprint density at radius 2 is 1.57 bits per heavy atom. The lowest BCUT2D eigenvalue weighted by atomic mass is 9.65. The van der Waals surface area contributed by atoms with Gasteiger partial charge in [0.25, 0.3) is 0 Å². The molecule has 2 aliphatic heterocycles. The molecule has 1 fully saturated rings. The van der Waals surface area contributed by atoms with Crippen molar-refractivity contribution in [1.29, 1.82) is 0 Å². The second-order valence-corrected chi connectivity index (χ2v) is 11.9. The van der Waals surface area contributed by atoms with Crippen LogP contribution in [0, 0.1) is 6.92 Å². The first-order chi connectivity index (χ1) is 17.7. The molecule has 2 aliphatic rings. The summed E-state index contributed by atoms with van der Waals surface area (Å²) in [4.78, 5) is 20.8. The van der Waals surface area contributed by atoms with E-state index in [2.05, 4.69) is 103 Å². The third-order valence-corrected chi connectivity index (χ3v) is 8.50. The monoisotopic (exact) mass is 515 g/mol. The standard InChI is InChI=1S/C32H38ClN3O/c1-24-10-15-28-29(22-24)36(31(2,3)23-32(28,4)25-11-13-26(33)14-12-25)30(37)16-17-34-18-20-35(21-19-34)27-8-6-5-7-9-27/h5-15,22H,16-21,23H2,1-4H3. The maximum atomic E-state index is 13.9. The number of piperazine rings is 1. The third-order valence-electron chi connectivity index (χ3n) is 8.25. The Hall–Kier alpha value is -2.82. The van der Waals surface area contributed by atoms with Gasteiger partial charge < -0.3 is 9.80 Å². The van der Waals surface area contributed by atoms with Crippen molar-refractivity contribution < 1.29 is 4.79 Å². The SMILES string of the molecule is Cc1ccc2c(c1)N(C(=O)CCN1CCN(c3ccccc3)CC1)C(C)(C)CC2(C)c1ccc(Cl)cc1. The molecule has 0 radical (unpaired) electrons. The zero-order valence-corrected chi connectivity index (χ0v) is 23.3. The van der Waals surface area contributed by atoms with E-state index >= 15 is 0 Å². The highest BCUT2D eigenvalue weighted by molar-refractivity contribution is 6.30. The van der Waals surface area contributed by atoms with E-state index in [4.69, 9.17) is 11.6 Å². The first kappa shape index (κ1) is 25.8. The fourth-order valence-corrected chi connectivity index (χ4v) is 6.57. The summed E-state index contributed by atoms with van der Waals surface area (Å²) in [7, 11) is 0. The molecule has 37 heavy (non-hydrogen) atoms. The van der Waals surface area contributed by atoms with Crippen molar-refractivity contribution >= 4 is 28.9 Å². The summed E-state index contributed by atoms with van der Waals surface area (Å²) in [5, 5.41) is 0.743. The molecule has 0 aliphatic carbocycles. The molecule has 0 N–H and O–H groups in total. The average molecular weight is 516 g/mol. The van der Waals surface area contributed by atoms with Crippen molar-refractivity contribution in [2.24, 2.45) is 0 Å². The molecule has 3 aromatic rings. The van der Waals surface area contributed by atoms with Crippen molar-refractivity contribution in [3.63, 3.8) is 0 Å². The van der Waals surface area contributed by atoms with Gasteiger partial charge in [0.1, 0.15) is 0 Å². The number of hydrogen-bond donors (Lipinski definition) is 0. The molecule has 1 saturated heterocycles. The zero-order valence-electron chi connectivity index (χ0n) is 22.5. The molecular formula is C32H38ClN3O. The molecule has 0 spiro atoms. The molecule has 0 saturated carbocycles. The molecule has 0 aromatic heterocycles. The minimum absolute atomic E-state index is 0.207. The first-order valence-corrected chi connectivity index (χ1v) is 13.8. The molecule has 194 valence electrons. The number of benzene rings is 3. The van der Waals surface area contributed by atoms with Crippen LogP contribution in [0.2, 0.25) is 5.02 Å². The Morgan fingerprint density at radius 1 is 0.892 bits per heavy atom. The number of fused-ring (bicyclic) bond motifs is 1. The number of anilines is 2. The number of carbonyl (C=O) groups is 1. The highest BCUT2D eigenvalue weighted by Gasteiger charge is 2.47. The number of rotatable bonds is 5. The molecule has 0 bridgehead atoms. The number of amides is 1. The number of para-hydroxylation sites is 1. The van der Waals surface area contributed by atoms with Crippen molar-refractivity contribution in [2.75, 3.05) is 42.5 Å². The van der Waals surface area contributed by atoms with Crippen LogP contribution in [0.1, 0.15) is 50.3 Å². The van der Waals surface area contributed by atoms with E-state index in [9.17, 15) is 4.79 Å². The van der Waals surface area contributed by atoms with E-state index in [0.29, 0.717) is 6.42 Å². The van der Waals surface area contributed by atoms with E-state index < -0.39 is 0 Å². The Balaban J connectivity index is 1.34. The van der Waals surface area contributed by atoms with Crippen LogP contribution in [0.4, 0.5) is 11.4 Å². The van der Waals surface area contributed by atoms with Gasteiger partial charge in [-0.1, -0.05) is 61.0 Å². The van der Waals surface area contributed by atoms with Gasteiger partial charge in [0.15, 0.2) is 0 Å². The Bertz CT molecular complexity index is 1250. The summed E-state index contributed by atoms with van der Waals surface area (Å²) in [6.45, 7) is 13.6. The molecule has 1 unspecified atom stereocenters.